The van der Waals surface area contributed by atoms with Gasteiger partial charge < -0.3 is 10.2 Å². The smallest absolute Gasteiger partial charge is 0.342 e. The summed E-state index contributed by atoms with van der Waals surface area (Å²) in [6, 6.07) is 13.2. The number of non-ortho nitro benzene ring substituents is 1. The molecule has 1 atom stereocenters. The molecule has 3 aromatic rings. The van der Waals surface area contributed by atoms with Crippen molar-refractivity contribution >= 4 is 23.2 Å². The topological polar surface area (TPSA) is 110 Å². The lowest BCUT2D eigenvalue weighted by atomic mass is 9.95. The fraction of sp³-hybridized carbons (Fsp3) is 0.346. The van der Waals surface area contributed by atoms with Gasteiger partial charge in [-0.3, -0.25) is 24.4 Å². The molecule has 1 aliphatic carbocycles. The van der Waals surface area contributed by atoms with E-state index in [4.69, 9.17) is 0 Å². The third kappa shape index (κ3) is 6.01. The lowest BCUT2D eigenvalue weighted by Crippen LogP contribution is -2.49. The molecule has 2 aromatic carbocycles. The summed E-state index contributed by atoms with van der Waals surface area (Å²) in [6.45, 7) is -0.494. The third-order valence-corrected chi connectivity index (χ3v) is 6.49. The van der Waals surface area contributed by atoms with Gasteiger partial charge in [-0.15, -0.1) is 0 Å². The number of carbonyl (C=O) groups excluding carboxylic acids is 2. The molecule has 0 aliphatic heterocycles. The van der Waals surface area contributed by atoms with Gasteiger partial charge in [-0.05, 0) is 43.4 Å². The van der Waals surface area contributed by atoms with Crippen LogP contribution in [0.1, 0.15) is 35.4 Å². The Balaban J connectivity index is 1.59. The van der Waals surface area contributed by atoms with Crippen molar-refractivity contribution in [3.05, 3.63) is 87.2 Å². The maximum absolute atomic E-state index is 13.5. The van der Waals surface area contributed by atoms with Crippen LogP contribution in [0, 0.1) is 10.1 Å². The highest BCUT2D eigenvalue weighted by atomic mass is 19.4. The molecule has 1 aliphatic rings. The molecule has 0 bridgehead atoms. The van der Waals surface area contributed by atoms with Gasteiger partial charge in [0.25, 0.3) is 5.69 Å². The number of anilines is 1. The largest absolute Gasteiger partial charge is 0.435 e. The molecule has 1 N–H and O–H groups in total. The van der Waals surface area contributed by atoms with Crippen molar-refractivity contribution in [3.8, 4) is 0 Å². The van der Waals surface area contributed by atoms with Crippen molar-refractivity contribution in [2.75, 3.05) is 11.9 Å². The number of carbonyl (C=O) groups is 2. The minimum atomic E-state index is -4.64. The van der Waals surface area contributed by atoms with Crippen LogP contribution in [0.3, 0.4) is 0 Å². The summed E-state index contributed by atoms with van der Waals surface area (Å²) >= 11 is 0. The first kappa shape index (κ1) is 26.8. The van der Waals surface area contributed by atoms with Crippen LogP contribution in [0.2, 0.25) is 0 Å². The van der Waals surface area contributed by atoms with Crippen molar-refractivity contribution in [1.29, 1.82) is 0 Å². The lowest BCUT2D eigenvalue weighted by Gasteiger charge is -2.25. The number of hydrogen-bond donors (Lipinski definition) is 1. The second-order valence-corrected chi connectivity index (χ2v) is 9.12. The highest BCUT2D eigenvalue weighted by molar-refractivity contribution is 5.99. The number of halogens is 3. The number of para-hydroxylation sites is 1. The number of fused-ring (bicyclic) bond motifs is 1. The van der Waals surface area contributed by atoms with E-state index < -0.39 is 41.2 Å². The fourth-order valence-corrected chi connectivity index (χ4v) is 4.65. The number of amides is 2. The molecular weight excluding hydrogens is 503 g/mol. The summed E-state index contributed by atoms with van der Waals surface area (Å²) in [5, 5.41) is 17.5. The monoisotopic (exact) mass is 529 g/mol. The van der Waals surface area contributed by atoms with E-state index in [2.05, 4.69) is 10.4 Å². The predicted molar refractivity (Wildman–Crippen MR) is 132 cm³/mol. The van der Waals surface area contributed by atoms with Gasteiger partial charge in [0, 0.05) is 42.5 Å². The maximum Gasteiger partial charge on any atom is 0.435 e. The number of hydrogen-bond acceptors (Lipinski definition) is 5. The van der Waals surface area contributed by atoms with E-state index in [-0.39, 0.29) is 24.1 Å². The Morgan fingerprint density at radius 2 is 1.84 bits per heavy atom. The fourth-order valence-electron chi connectivity index (χ4n) is 4.65. The summed E-state index contributed by atoms with van der Waals surface area (Å²) in [5.41, 5.74) is 0.348. The van der Waals surface area contributed by atoms with E-state index in [1.165, 1.54) is 30.1 Å². The molecule has 0 spiro atoms. The minimum absolute atomic E-state index is 0.0611. The number of aromatic nitrogens is 2. The quantitative estimate of drug-likeness (QED) is 0.349. The summed E-state index contributed by atoms with van der Waals surface area (Å²) < 4.78 is 41.7. The number of rotatable bonds is 8. The van der Waals surface area contributed by atoms with Crippen molar-refractivity contribution in [3.63, 3.8) is 0 Å². The Morgan fingerprint density at radius 1 is 1.13 bits per heavy atom. The van der Waals surface area contributed by atoms with E-state index in [0.717, 1.165) is 4.68 Å². The normalized spacial score (nSPS) is 13.9. The molecular formula is C26H26F3N5O4. The van der Waals surface area contributed by atoms with Crippen LogP contribution in [0.4, 0.5) is 24.5 Å². The highest BCUT2D eigenvalue weighted by Gasteiger charge is 2.39. The number of nitrogens with zero attached hydrogens (tertiary/aromatic N) is 4. The number of likely N-dealkylation sites (N-methyl/N-ethyl adjacent to an activating group) is 1. The number of nitro groups is 1. The van der Waals surface area contributed by atoms with Crippen LogP contribution in [0.15, 0.2) is 54.6 Å². The van der Waals surface area contributed by atoms with Crippen LogP contribution in [0.25, 0.3) is 0 Å². The standard InChI is InChI=1S/C26H26F3N5O4/c1-32(18-9-3-2-4-10-18)25(36)21(15-17-8-7-11-19(14-17)34(37)38)30-23(35)16-33-22-13-6-5-12-20(22)24(31-33)26(27,28)29/h2-4,7-11,14,21H,5-6,12-13,15-16H2,1H3,(H,30,35). The molecule has 1 aromatic heterocycles. The molecule has 4 rings (SSSR count). The summed E-state index contributed by atoms with van der Waals surface area (Å²) in [7, 11) is 1.53. The van der Waals surface area contributed by atoms with Crippen LogP contribution in [-0.2, 0) is 41.6 Å². The molecule has 0 saturated heterocycles. The maximum atomic E-state index is 13.5. The Morgan fingerprint density at radius 3 is 2.53 bits per heavy atom. The molecule has 200 valence electrons. The van der Waals surface area contributed by atoms with Crippen LogP contribution in [-0.4, -0.2) is 39.6 Å². The Kier molecular flexibility index (Phi) is 7.79. The zero-order valence-electron chi connectivity index (χ0n) is 20.6. The SMILES string of the molecule is CN(C(=O)C(Cc1cccc([N+](=O)[O-])c1)NC(=O)Cn1nc(C(F)(F)F)c2c1CCCC2)c1ccccc1. The number of nitro benzene ring substituents is 1. The first-order valence-corrected chi connectivity index (χ1v) is 12.1. The Hall–Kier alpha value is -4.22. The van der Waals surface area contributed by atoms with E-state index in [0.29, 0.717) is 36.2 Å². The molecule has 0 fully saturated rings. The number of benzene rings is 2. The van der Waals surface area contributed by atoms with Crippen molar-refractivity contribution in [1.82, 2.24) is 15.1 Å². The van der Waals surface area contributed by atoms with Crippen molar-refractivity contribution in [2.24, 2.45) is 0 Å². The molecule has 2 amide bonds. The zero-order chi connectivity index (χ0) is 27.4. The van der Waals surface area contributed by atoms with Gasteiger partial charge in [0.1, 0.15) is 12.6 Å². The van der Waals surface area contributed by atoms with E-state index >= 15 is 0 Å². The van der Waals surface area contributed by atoms with Crippen molar-refractivity contribution in [2.45, 2.75) is 50.9 Å². The number of alkyl halides is 3. The Labute approximate surface area is 216 Å². The van der Waals surface area contributed by atoms with Gasteiger partial charge in [0.15, 0.2) is 5.69 Å². The molecule has 9 nitrogen and oxygen atoms in total. The number of nitrogens with one attached hydrogen (secondary N) is 1. The summed E-state index contributed by atoms with van der Waals surface area (Å²) in [6.07, 6.45) is -2.79. The van der Waals surface area contributed by atoms with E-state index in [1.54, 1.807) is 36.4 Å². The summed E-state index contributed by atoms with van der Waals surface area (Å²) in [4.78, 5) is 38.5. The molecule has 38 heavy (non-hydrogen) atoms. The highest BCUT2D eigenvalue weighted by Crippen LogP contribution is 2.35. The van der Waals surface area contributed by atoms with Gasteiger partial charge in [-0.1, -0.05) is 30.3 Å². The van der Waals surface area contributed by atoms with Crippen molar-refractivity contribution < 1.29 is 27.7 Å². The van der Waals surface area contributed by atoms with E-state index in [9.17, 15) is 32.9 Å². The lowest BCUT2D eigenvalue weighted by molar-refractivity contribution is -0.384. The van der Waals surface area contributed by atoms with Crippen LogP contribution < -0.4 is 10.2 Å². The second-order valence-electron chi connectivity index (χ2n) is 9.12. The van der Waals surface area contributed by atoms with Gasteiger partial charge >= 0.3 is 6.18 Å². The predicted octanol–water partition coefficient (Wildman–Crippen LogP) is 4.08. The van der Waals surface area contributed by atoms with Gasteiger partial charge in [-0.2, -0.15) is 18.3 Å². The van der Waals surface area contributed by atoms with Gasteiger partial charge in [0.05, 0.1) is 4.92 Å². The Bertz CT molecular complexity index is 1340. The molecule has 1 unspecified atom stereocenters. The molecule has 12 heteroatoms. The van der Waals surface area contributed by atoms with Gasteiger partial charge in [0.2, 0.25) is 11.8 Å². The second kappa shape index (κ2) is 11.0. The average molecular weight is 530 g/mol. The molecule has 0 saturated carbocycles. The average Bonchev–Trinajstić information content (AvgIpc) is 3.27. The van der Waals surface area contributed by atoms with E-state index in [1.807, 2.05) is 0 Å². The zero-order valence-corrected chi connectivity index (χ0v) is 20.6. The van der Waals surface area contributed by atoms with Crippen LogP contribution >= 0.6 is 0 Å². The van der Waals surface area contributed by atoms with Crippen LogP contribution in [0.5, 0.6) is 0 Å². The molecule has 0 radical (unpaired) electrons. The first-order valence-electron chi connectivity index (χ1n) is 12.1. The summed E-state index contributed by atoms with van der Waals surface area (Å²) in [5.74, 6) is -1.19. The third-order valence-electron chi connectivity index (χ3n) is 6.49. The molecule has 1 heterocycles. The minimum Gasteiger partial charge on any atom is -0.342 e. The first-order chi connectivity index (χ1) is 18.0. The van der Waals surface area contributed by atoms with Gasteiger partial charge in [-0.25, -0.2) is 0 Å².